The Bertz CT molecular complexity index is 503. The summed E-state index contributed by atoms with van der Waals surface area (Å²) in [5.41, 5.74) is 0.837. The van der Waals surface area contributed by atoms with Crippen LogP contribution >= 0.6 is 11.6 Å². The van der Waals surface area contributed by atoms with Gasteiger partial charge < -0.3 is 14.4 Å². The third-order valence-electron chi connectivity index (χ3n) is 2.84. The van der Waals surface area contributed by atoms with Crippen molar-refractivity contribution in [1.29, 1.82) is 0 Å². The van der Waals surface area contributed by atoms with Crippen LogP contribution in [0.25, 0.3) is 0 Å². The minimum Gasteiger partial charge on any atom is -0.382 e. The second kappa shape index (κ2) is 6.14. The van der Waals surface area contributed by atoms with Gasteiger partial charge in [-0.05, 0) is 12.1 Å². The lowest BCUT2D eigenvalue weighted by atomic mass is 10.1. The average Bonchev–Trinajstić information content (AvgIpc) is 2.64. The molecule has 0 unspecified atom stereocenters. The van der Waals surface area contributed by atoms with E-state index in [9.17, 15) is 9.59 Å². The Hall–Kier alpha value is -1.43. The number of nitrogens with zero attached hydrogens (tertiary/aromatic N) is 1. The fraction of sp³-hybridized carbons (Fsp3) is 0.385. The molecule has 2 rings (SSSR count). The molecule has 5 nitrogen and oxygen atoms in total. The van der Waals surface area contributed by atoms with Gasteiger partial charge in [-0.3, -0.25) is 9.59 Å². The second-order valence-corrected chi connectivity index (χ2v) is 4.43. The maximum Gasteiger partial charge on any atom is 0.299 e. The number of ketones is 1. The maximum atomic E-state index is 11.9. The second-order valence-electron chi connectivity index (χ2n) is 4.03. The first-order chi connectivity index (χ1) is 9.16. The number of anilines is 1. The van der Waals surface area contributed by atoms with E-state index in [1.165, 1.54) is 4.90 Å². The van der Waals surface area contributed by atoms with E-state index in [2.05, 4.69) is 0 Å². The molecular formula is C13H14ClNO4. The fourth-order valence-corrected chi connectivity index (χ4v) is 2.18. The third-order valence-corrected chi connectivity index (χ3v) is 3.15. The Morgan fingerprint density at radius 3 is 2.74 bits per heavy atom. The average molecular weight is 284 g/mol. The Morgan fingerprint density at radius 2 is 2.00 bits per heavy atom. The van der Waals surface area contributed by atoms with Crippen molar-refractivity contribution in [2.24, 2.45) is 0 Å². The van der Waals surface area contributed by atoms with Gasteiger partial charge in [-0.15, -0.1) is 0 Å². The Kier molecular flexibility index (Phi) is 4.52. The lowest BCUT2D eigenvalue weighted by Crippen LogP contribution is -2.33. The molecule has 19 heavy (non-hydrogen) atoms. The van der Waals surface area contributed by atoms with Crippen molar-refractivity contribution in [2.45, 2.75) is 0 Å². The van der Waals surface area contributed by atoms with Crippen molar-refractivity contribution in [3.63, 3.8) is 0 Å². The lowest BCUT2D eigenvalue weighted by Gasteiger charge is -2.16. The van der Waals surface area contributed by atoms with E-state index in [0.29, 0.717) is 37.1 Å². The topological polar surface area (TPSA) is 55.8 Å². The van der Waals surface area contributed by atoms with Crippen LogP contribution in [0.5, 0.6) is 0 Å². The van der Waals surface area contributed by atoms with Gasteiger partial charge in [-0.1, -0.05) is 17.7 Å². The van der Waals surface area contributed by atoms with Crippen LogP contribution in [0.2, 0.25) is 5.02 Å². The molecule has 0 radical (unpaired) electrons. The Balaban J connectivity index is 2.05. The zero-order valence-electron chi connectivity index (χ0n) is 10.5. The first-order valence-electron chi connectivity index (χ1n) is 5.88. The molecule has 1 heterocycles. The summed E-state index contributed by atoms with van der Waals surface area (Å²) < 4.78 is 10.1. The van der Waals surface area contributed by atoms with Crippen LogP contribution in [-0.4, -0.2) is 45.2 Å². The molecule has 0 saturated heterocycles. The number of halogens is 1. The summed E-state index contributed by atoms with van der Waals surface area (Å²) in [5.74, 6) is -1.11. The van der Waals surface area contributed by atoms with E-state index in [4.69, 9.17) is 21.1 Å². The van der Waals surface area contributed by atoms with Crippen LogP contribution < -0.4 is 4.90 Å². The molecule has 1 aromatic rings. The van der Waals surface area contributed by atoms with Gasteiger partial charge in [0.2, 0.25) is 0 Å². The number of amides is 1. The van der Waals surface area contributed by atoms with Crippen molar-refractivity contribution in [3.05, 3.63) is 28.8 Å². The molecular weight excluding hydrogens is 270 g/mol. The van der Waals surface area contributed by atoms with Crippen LogP contribution in [0.1, 0.15) is 10.4 Å². The molecule has 0 saturated carbocycles. The van der Waals surface area contributed by atoms with Crippen LogP contribution in [0.15, 0.2) is 18.2 Å². The van der Waals surface area contributed by atoms with Crippen molar-refractivity contribution in [2.75, 3.05) is 38.4 Å². The van der Waals surface area contributed by atoms with Crippen molar-refractivity contribution in [1.82, 2.24) is 0 Å². The Labute approximate surface area is 116 Å². The molecule has 1 aromatic carbocycles. The highest BCUT2D eigenvalue weighted by Crippen LogP contribution is 2.33. The number of ether oxygens (including phenoxy) is 2. The minimum absolute atomic E-state index is 0.283. The molecule has 0 bridgehead atoms. The maximum absolute atomic E-state index is 11.9. The van der Waals surface area contributed by atoms with Gasteiger partial charge in [-0.2, -0.15) is 0 Å². The molecule has 0 aliphatic carbocycles. The van der Waals surface area contributed by atoms with Gasteiger partial charge in [0.15, 0.2) is 0 Å². The molecule has 1 aliphatic heterocycles. The molecule has 1 aliphatic rings. The molecule has 0 N–H and O–H groups in total. The third kappa shape index (κ3) is 2.78. The van der Waals surface area contributed by atoms with Gasteiger partial charge >= 0.3 is 0 Å². The number of methoxy groups -OCH3 is 1. The van der Waals surface area contributed by atoms with E-state index < -0.39 is 11.7 Å². The predicted molar refractivity (Wildman–Crippen MR) is 70.8 cm³/mol. The number of hydrogen-bond acceptors (Lipinski definition) is 4. The van der Waals surface area contributed by atoms with Crippen LogP contribution in [0, 0.1) is 0 Å². The summed E-state index contributed by atoms with van der Waals surface area (Å²) in [4.78, 5) is 25.1. The molecule has 0 atom stereocenters. The number of fused-ring (bicyclic) bond motifs is 1. The molecule has 0 fully saturated rings. The normalized spacial score (nSPS) is 14.1. The van der Waals surface area contributed by atoms with Crippen molar-refractivity contribution < 1.29 is 19.1 Å². The highest BCUT2D eigenvalue weighted by atomic mass is 35.5. The highest BCUT2D eigenvalue weighted by Gasteiger charge is 2.36. The van der Waals surface area contributed by atoms with Gasteiger partial charge in [0.25, 0.3) is 11.7 Å². The summed E-state index contributed by atoms with van der Waals surface area (Å²) >= 11 is 5.95. The minimum atomic E-state index is -0.558. The van der Waals surface area contributed by atoms with E-state index in [-0.39, 0.29) is 5.56 Å². The number of Topliss-reactive ketones (excluding diaryl/α,β-unsaturated/α-hetero) is 1. The highest BCUT2D eigenvalue weighted by molar-refractivity contribution is 6.55. The van der Waals surface area contributed by atoms with Crippen LogP contribution in [0.3, 0.4) is 0 Å². The van der Waals surface area contributed by atoms with Crippen LogP contribution in [-0.2, 0) is 14.3 Å². The van der Waals surface area contributed by atoms with E-state index in [0.717, 1.165) is 0 Å². The summed E-state index contributed by atoms with van der Waals surface area (Å²) in [7, 11) is 1.59. The van der Waals surface area contributed by atoms with Crippen molar-refractivity contribution in [3.8, 4) is 0 Å². The summed E-state index contributed by atoms with van der Waals surface area (Å²) in [6.45, 7) is 1.61. The zero-order chi connectivity index (χ0) is 13.8. The molecule has 0 spiro atoms. The predicted octanol–water partition coefficient (Wildman–Crippen LogP) is 1.53. The van der Waals surface area contributed by atoms with E-state index in [1.807, 2.05) is 0 Å². The zero-order valence-corrected chi connectivity index (χ0v) is 11.3. The molecule has 102 valence electrons. The summed E-state index contributed by atoms with van der Waals surface area (Å²) in [6, 6.07) is 5.02. The SMILES string of the molecule is COCCOCCN1C(=O)C(=O)c2c(Cl)cccc21. The quantitative estimate of drug-likeness (QED) is 0.587. The lowest BCUT2D eigenvalue weighted by molar-refractivity contribution is -0.114. The monoisotopic (exact) mass is 283 g/mol. The Morgan fingerprint density at radius 1 is 1.21 bits per heavy atom. The molecule has 6 heteroatoms. The largest absolute Gasteiger partial charge is 0.382 e. The van der Waals surface area contributed by atoms with Crippen molar-refractivity contribution >= 4 is 29.0 Å². The molecule has 0 aromatic heterocycles. The van der Waals surface area contributed by atoms with E-state index in [1.54, 1.807) is 25.3 Å². The number of carbonyl (C=O) groups is 2. The van der Waals surface area contributed by atoms with Gasteiger partial charge in [0, 0.05) is 13.7 Å². The van der Waals surface area contributed by atoms with Crippen LogP contribution in [0.4, 0.5) is 5.69 Å². The molecule has 1 amide bonds. The van der Waals surface area contributed by atoms with Gasteiger partial charge in [-0.25, -0.2) is 0 Å². The standard InChI is InChI=1S/C13H14ClNO4/c1-18-7-8-19-6-5-15-10-4-2-3-9(14)11(10)12(16)13(15)17/h2-4H,5-8H2,1H3. The number of benzene rings is 1. The van der Waals surface area contributed by atoms with Gasteiger partial charge in [0.05, 0.1) is 36.1 Å². The van der Waals surface area contributed by atoms with E-state index >= 15 is 0 Å². The van der Waals surface area contributed by atoms with Gasteiger partial charge in [0.1, 0.15) is 0 Å². The number of carbonyl (C=O) groups excluding carboxylic acids is 2. The first-order valence-corrected chi connectivity index (χ1v) is 6.26. The first kappa shape index (κ1) is 14.0. The number of rotatable bonds is 6. The fourth-order valence-electron chi connectivity index (χ4n) is 1.92. The number of hydrogen-bond donors (Lipinski definition) is 0. The summed E-state index contributed by atoms with van der Waals surface area (Å²) in [5, 5.41) is 0.304. The summed E-state index contributed by atoms with van der Waals surface area (Å²) in [6.07, 6.45) is 0. The smallest absolute Gasteiger partial charge is 0.299 e.